The van der Waals surface area contributed by atoms with Crippen LogP contribution in [0.5, 0.6) is 5.75 Å². The minimum Gasteiger partial charge on any atom is -0.495 e. The Labute approximate surface area is 84.0 Å². The van der Waals surface area contributed by atoms with Crippen LogP contribution < -0.4 is 4.74 Å². The lowest BCUT2D eigenvalue weighted by Crippen LogP contribution is -1.87. The van der Waals surface area contributed by atoms with Crippen molar-refractivity contribution in [3.8, 4) is 5.75 Å². The maximum absolute atomic E-state index is 5.96. The van der Waals surface area contributed by atoms with E-state index < -0.39 is 0 Å². The predicted molar refractivity (Wildman–Crippen MR) is 56.5 cm³/mol. The normalized spacial score (nSPS) is 9.69. The molecule has 0 fully saturated rings. The van der Waals surface area contributed by atoms with Crippen LogP contribution in [0.15, 0.2) is 30.9 Å². The fraction of sp³-hybridized carbons (Fsp3) is 0.273. The smallest absolute Gasteiger partial charge is 0.137 e. The highest BCUT2D eigenvalue weighted by Crippen LogP contribution is 2.25. The van der Waals surface area contributed by atoms with E-state index >= 15 is 0 Å². The first kappa shape index (κ1) is 10.1. The molecular formula is C11H13ClO. The zero-order valence-electron chi connectivity index (χ0n) is 7.72. The number of benzene rings is 1. The van der Waals surface area contributed by atoms with Crippen molar-refractivity contribution in [1.82, 2.24) is 0 Å². The van der Waals surface area contributed by atoms with Crippen molar-refractivity contribution < 1.29 is 4.74 Å². The average Bonchev–Trinajstić information content (AvgIpc) is 2.15. The van der Waals surface area contributed by atoms with Gasteiger partial charge in [0.2, 0.25) is 0 Å². The minimum absolute atomic E-state index is 0.670. The van der Waals surface area contributed by atoms with Gasteiger partial charge in [-0.05, 0) is 30.5 Å². The van der Waals surface area contributed by atoms with E-state index in [9.17, 15) is 0 Å². The van der Waals surface area contributed by atoms with Gasteiger partial charge in [-0.15, -0.1) is 6.58 Å². The van der Waals surface area contributed by atoms with Gasteiger partial charge in [-0.2, -0.15) is 0 Å². The molecule has 0 heterocycles. The van der Waals surface area contributed by atoms with E-state index in [-0.39, 0.29) is 0 Å². The molecule has 0 aromatic heterocycles. The molecule has 0 unspecified atom stereocenters. The lowest BCUT2D eigenvalue weighted by atomic mass is 10.1. The topological polar surface area (TPSA) is 9.23 Å². The first-order chi connectivity index (χ1) is 6.27. The maximum atomic E-state index is 5.96. The molecule has 1 nitrogen and oxygen atoms in total. The lowest BCUT2D eigenvalue weighted by Gasteiger charge is -2.04. The van der Waals surface area contributed by atoms with Crippen molar-refractivity contribution in [3.63, 3.8) is 0 Å². The monoisotopic (exact) mass is 196 g/mol. The zero-order valence-corrected chi connectivity index (χ0v) is 8.47. The third kappa shape index (κ3) is 2.78. The van der Waals surface area contributed by atoms with Gasteiger partial charge in [-0.25, -0.2) is 0 Å². The zero-order chi connectivity index (χ0) is 9.68. The van der Waals surface area contributed by atoms with E-state index in [0.717, 1.165) is 18.6 Å². The summed E-state index contributed by atoms with van der Waals surface area (Å²) in [6.07, 6.45) is 3.86. The van der Waals surface area contributed by atoms with Crippen molar-refractivity contribution in [1.29, 1.82) is 0 Å². The summed E-state index contributed by atoms with van der Waals surface area (Å²) in [4.78, 5) is 0. The van der Waals surface area contributed by atoms with Gasteiger partial charge in [0, 0.05) is 0 Å². The van der Waals surface area contributed by atoms with Gasteiger partial charge >= 0.3 is 0 Å². The summed E-state index contributed by atoms with van der Waals surface area (Å²) >= 11 is 5.96. The Morgan fingerprint density at radius 2 is 2.31 bits per heavy atom. The Morgan fingerprint density at radius 3 is 2.85 bits per heavy atom. The van der Waals surface area contributed by atoms with E-state index in [1.807, 2.05) is 24.3 Å². The van der Waals surface area contributed by atoms with Crippen LogP contribution >= 0.6 is 11.6 Å². The highest BCUT2D eigenvalue weighted by molar-refractivity contribution is 6.32. The molecule has 0 aliphatic heterocycles. The average molecular weight is 197 g/mol. The lowest BCUT2D eigenvalue weighted by molar-refractivity contribution is 0.415. The maximum Gasteiger partial charge on any atom is 0.137 e. The molecule has 0 aliphatic carbocycles. The van der Waals surface area contributed by atoms with E-state index in [0.29, 0.717) is 5.02 Å². The summed E-state index contributed by atoms with van der Waals surface area (Å²) in [6, 6.07) is 5.85. The van der Waals surface area contributed by atoms with Gasteiger partial charge in [-0.3, -0.25) is 0 Å². The van der Waals surface area contributed by atoms with Crippen molar-refractivity contribution in [3.05, 3.63) is 41.4 Å². The SMILES string of the molecule is C=CCCc1ccc(OC)c(Cl)c1. The van der Waals surface area contributed by atoms with Crippen LogP contribution in [-0.4, -0.2) is 7.11 Å². The predicted octanol–water partition coefficient (Wildman–Crippen LogP) is 3.47. The van der Waals surface area contributed by atoms with Crippen molar-refractivity contribution in [2.24, 2.45) is 0 Å². The van der Waals surface area contributed by atoms with E-state index in [1.165, 1.54) is 5.56 Å². The molecule has 0 radical (unpaired) electrons. The van der Waals surface area contributed by atoms with Crippen LogP contribution in [0.1, 0.15) is 12.0 Å². The fourth-order valence-electron chi connectivity index (χ4n) is 1.13. The summed E-state index contributed by atoms with van der Waals surface area (Å²) in [6.45, 7) is 3.67. The molecule has 1 rings (SSSR count). The summed E-state index contributed by atoms with van der Waals surface area (Å²) in [5.41, 5.74) is 1.21. The summed E-state index contributed by atoms with van der Waals surface area (Å²) in [7, 11) is 1.62. The molecule has 0 saturated carbocycles. The summed E-state index contributed by atoms with van der Waals surface area (Å²) < 4.78 is 5.05. The number of halogens is 1. The Bertz CT molecular complexity index is 294. The molecule has 0 spiro atoms. The number of hydrogen-bond donors (Lipinski definition) is 0. The molecule has 0 atom stereocenters. The van der Waals surface area contributed by atoms with Gasteiger partial charge in [0.05, 0.1) is 12.1 Å². The van der Waals surface area contributed by atoms with Gasteiger partial charge < -0.3 is 4.74 Å². The highest BCUT2D eigenvalue weighted by Gasteiger charge is 2.00. The van der Waals surface area contributed by atoms with Crippen molar-refractivity contribution in [2.75, 3.05) is 7.11 Å². The van der Waals surface area contributed by atoms with Crippen LogP contribution in [0.25, 0.3) is 0 Å². The molecule has 13 heavy (non-hydrogen) atoms. The number of methoxy groups -OCH3 is 1. The van der Waals surface area contributed by atoms with Gasteiger partial charge in [0.1, 0.15) is 5.75 Å². The standard InChI is InChI=1S/C11H13ClO/c1-3-4-5-9-6-7-11(13-2)10(12)8-9/h3,6-8H,1,4-5H2,2H3. The Hall–Kier alpha value is -0.950. The minimum atomic E-state index is 0.670. The van der Waals surface area contributed by atoms with Gasteiger partial charge in [-0.1, -0.05) is 23.7 Å². The molecule has 0 N–H and O–H groups in total. The number of allylic oxidation sites excluding steroid dienone is 1. The third-order valence-corrected chi connectivity index (χ3v) is 2.15. The fourth-order valence-corrected chi connectivity index (χ4v) is 1.41. The molecule has 2 heteroatoms. The van der Waals surface area contributed by atoms with E-state index in [1.54, 1.807) is 7.11 Å². The van der Waals surface area contributed by atoms with Gasteiger partial charge in [0.15, 0.2) is 0 Å². The molecule has 1 aromatic carbocycles. The summed E-state index contributed by atoms with van der Waals surface area (Å²) in [5.74, 6) is 0.726. The van der Waals surface area contributed by atoms with Gasteiger partial charge in [0.25, 0.3) is 0 Å². The quantitative estimate of drug-likeness (QED) is 0.671. The van der Waals surface area contributed by atoms with E-state index in [2.05, 4.69) is 6.58 Å². The second kappa shape index (κ2) is 4.93. The number of rotatable bonds is 4. The van der Waals surface area contributed by atoms with Crippen molar-refractivity contribution >= 4 is 11.6 Å². The Balaban J connectivity index is 2.76. The summed E-state index contributed by atoms with van der Waals surface area (Å²) in [5, 5.41) is 0.670. The molecule has 1 aromatic rings. The second-order valence-corrected chi connectivity index (χ2v) is 3.20. The van der Waals surface area contributed by atoms with Crippen LogP contribution in [0.3, 0.4) is 0 Å². The molecule has 70 valence electrons. The molecular weight excluding hydrogens is 184 g/mol. The molecule has 0 amide bonds. The van der Waals surface area contributed by atoms with E-state index in [4.69, 9.17) is 16.3 Å². The molecule has 0 aliphatic rings. The Kier molecular flexibility index (Phi) is 3.84. The molecule has 0 saturated heterocycles. The number of ether oxygens (including phenoxy) is 1. The van der Waals surface area contributed by atoms with Crippen LogP contribution in [-0.2, 0) is 6.42 Å². The first-order valence-electron chi connectivity index (χ1n) is 4.21. The number of aryl methyl sites for hydroxylation is 1. The van der Waals surface area contributed by atoms with Crippen LogP contribution in [0.2, 0.25) is 5.02 Å². The second-order valence-electron chi connectivity index (χ2n) is 2.80. The van der Waals surface area contributed by atoms with Crippen LogP contribution in [0.4, 0.5) is 0 Å². The van der Waals surface area contributed by atoms with Crippen LogP contribution in [0, 0.1) is 0 Å². The first-order valence-corrected chi connectivity index (χ1v) is 4.59. The largest absolute Gasteiger partial charge is 0.495 e. The third-order valence-electron chi connectivity index (χ3n) is 1.85. The molecule has 0 bridgehead atoms. The van der Waals surface area contributed by atoms with Crippen molar-refractivity contribution in [2.45, 2.75) is 12.8 Å². The Morgan fingerprint density at radius 1 is 1.54 bits per heavy atom. The highest BCUT2D eigenvalue weighted by atomic mass is 35.5. The number of hydrogen-bond acceptors (Lipinski definition) is 1.